The summed E-state index contributed by atoms with van der Waals surface area (Å²) < 4.78 is 1.70. The molecule has 0 spiro atoms. The van der Waals surface area contributed by atoms with Gasteiger partial charge in [-0.1, -0.05) is 13.8 Å². The lowest BCUT2D eigenvalue weighted by Gasteiger charge is -2.08. The summed E-state index contributed by atoms with van der Waals surface area (Å²) in [5, 5.41) is 17.4. The number of carbonyl (C=O) groups is 1. The molecule has 1 N–H and O–H groups in total. The standard InChI is InChI=1S/C11H13N5O2S/c1-6(2)9-12-4-7(8(14-9)10(17)18)19-11-15-13-5-16(11)3/h4-6H,1-3H3,(H,17,18). The monoisotopic (exact) mass is 279 g/mol. The summed E-state index contributed by atoms with van der Waals surface area (Å²) in [4.78, 5) is 20.0. The number of aromatic nitrogens is 5. The van der Waals surface area contributed by atoms with E-state index in [2.05, 4.69) is 20.2 Å². The first kappa shape index (κ1) is 13.5. The topological polar surface area (TPSA) is 93.8 Å². The number of hydrogen-bond acceptors (Lipinski definition) is 6. The Bertz CT molecular complexity index is 611. The predicted molar refractivity (Wildman–Crippen MR) is 68.2 cm³/mol. The Balaban J connectivity index is 2.40. The molecule has 19 heavy (non-hydrogen) atoms. The molecule has 7 nitrogen and oxygen atoms in total. The van der Waals surface area contributed by atoms with Crippen molar-refractivity contribution in [2.24, 2.45) is 7.05 Å². The fourth-order valence-electron chi connectivity index (χ4n) is 1.35. The second kappa shape index (κ2) is 5.35. The lowest BCUT2D eigenvalue weighted by Crippen LogP contribution is -2.08. The van der Waals surface area contributed by atoms with Crippen molar-refractivity contribution in [1.82, 2.24) is 24.7 Å². The van der Waals surface area contributed by atoms with Gasteiger partial charge >= 0.3 is 5.97 Å². The van der Waals surface area contributed by atoms with Gasteiger partial charge in [-0.3, -0.25) is 0 Å². The van der Waals surface area contributed by atoms with Crippen molar-refractivity contribution in [2.75, 3.05) is 0 Å². The van der Waals surface area contributed by atoms with Crippen LogP contribution in [0, 0.1) is 0 Å². The third-order valence-electron chi connectivity index (χ3n) is 2.36. The summed E-state index contributed by atoms with van der Waals surface area (Å²) in [6, 6.07) is 0. The van der Waals surface area contributed by atoms with Crippen molar-refractivity contribution in [3.63, 3.8) is 0 Å². The number of nitrogens with zero attached hydrogens (tertiary/aromatic N) is 5. The van der Waals surface area contributed by atoms with E-state index in [4.69, 9.17) is 0 Å². The summed E-state index contributed by atoms with van der Waals surface area (Å²) in [6.45, 7) is 3.83. The quantitative estimate of drug-likeness (QED) is 0.907. The molecule has 0 aliphatic rings. The molecule has 0 unspecified atom stereocenters. The second-order valence-corrected chi connectivity index (χ2v) is 5.24. The third-order valence-corrected chi connectivity index (χ3v) is 3.43. The van der Waals surface area contributed by atoms with Gasteiger partial charge in [-0.15, -0.1) is 10.2 Å². The fraction of sp³-hybridized carbons (Fsp3) is 0.364. The maximum Gasteiger partial charge on any atom is 0.355 e. The van der Waals surface area contributed by atoms with Crippen molar-refractivity contribution >= 4 is 17.7 Å². The first-order chi connectivity index (χ1) is 8.99. The molecule has 0 aromatic carbocycles. The molecule has 100 valence electrons. The van der Waals surface area contributed by atoms with Gasteiger partial charge in [0.1, 0.15) is 12.2 Å². The molecule has 0 aliphatic carbocycles. The second-order valence-electron chi connectivity index (χ2n) is 4.23. The van der Waals surface area contributed by atoms with Crippen LogP contribution in [0.3, 0.4) is 0 Å². The molecule has 0 aliphatic heterocycles. The number of hydrogen-bond donors (Lipinski definition) is 1. The van der Waals surface area contributed by atoms with E-state index in [9.17, 15) is 9.90 Å². The normalized spacial score (nSPS) is 10.9. The van der Waals surface area contributed by atoms with Gasteiger partial charge in [-0.05, 0) is 11.8 Å². The fourth-order valence-corrected chi connectivity index (χ4v) is 2.16. The summed E-state index contributed by atoms with van der Waals surface area (Å²) in [5.74, 6) is -0.485. The minimum absolute atomic E-state index is 0.00769. The molecule has 2 aromatic heterocycles. The maximum absolute atomic E-state index is 11.3. The van der Waals surface area contributed by atoms with Crippen LogP contribution in [0.4, 0.5) is 0 Å². The summed E-state index contributed by atoms with van der Waals surface area (Å²) >= 11 is 1.18. The molecular weight excluding hydrogens is 266 g/mol. The zero-order valence-corrected chi connectivity index (χ0v) is 11.5. The van der Waals surface area contributed by atoms with Crippen LogP contribution in [-0.2, 0) is 7.05 Å². The van der Waals surface area contributed by atoms with Gasteiger partial charge < -0.3 is 9.67 Å². The molecule has 2 rings (SSSR count). The Morgan fingerprint density at radius 1 is 1.47 bits per heavy atom. The van der Waals surface area contributed by atoms with E-state index in [0.29, 0.717) is 15.9 Å². The molecular formula is C11H13N5O2S. The first-order valence-corrected chi connectivity index (χ1v) is 6.42. The number of rotatable bonds is 4. The highest BCUT2D eigenvalue weighted by molar-refractivity contribution is 7.99. The molecule has 0 amide bonds. The van der Waals surface area contributed by atoms with E-state index in [1.165, 1.54) is 18.0 Å². The SMILES string of the molecule is CC(C)c1ncc(Sc2nncn2C)c(C(=O)O)n1. The average Bonchev–Trinajstić information content (AvgIpc) is 2.75. The number of aryl methyl sites for hydroxylation is 1. The van der Waals surface area contributed by atoms with Crippen LogP contribution in [0.2, 0.25) is 0 Å². The van der Waals surface area contributed by atoms with Gasteiger partial charge in [0.15, 0.2) is 10.9 Å². The molecule has 0 saturated carbocycles. The van der Waals surface area contributed by atoms with Crippen molar-refractivity contribution in [1.29, 1.82) is 0 Å². The number of aromatic carboxylic acids is 1. The van der Waals surface area contributed by atoms with Gasteiger partial charge in [0.2, 0.25) is 0 Å². The van der Waals surface area contributed by atoms with Crippen molar-refractivity contribution in [3.05, 3.63) is 24.0 Å². The van der Waals surface area contributed by atoms with Gasteiger partial charge in [0.05, 0.1) is 4.90 Å². The summed E-state index contributed by atoms with van der Waals surface area (Å²) in [6.07, 6.45) is 3.07. The van der Waals surface area contributed by atoms with E-state index >= 15 is 0 Å². The minimum atomic E-state index is -1.08. The van der Waals surface area contributed by atoms with Gasteiger partial charge in [-0.25, -0.2) is 14.8 Å². The van der Waals surface area contributed by atoms with Crippen molar-refractivity contribution in [2.45, 2.75) is 29.8 Å². The highest BCUT2D eigenvalue weighted by atomic mass is 32.2. The van der Waals surface area contributed by atoms with E-state index in [1.807, 2.05) is 13.8 Å². The summed E-state index contributed by atoms with van der Waals surface area (Å²) in [5.41, 5.74) is -0.00769. The van der Waals surface area contributed by atoms with Crippen LogP contribution >= 0.6 is 11.8 Å². The Labute approximate surface area is 114 Å². The molecule has 0 bridgehead atoms. The zero-order valence-electron chi connectivity index (χ0n) is 10.7. The molecule has 2 heterocycles. The summed E-state index contributed by atoms with van der Waals surface area (Å²) in [7, 11) is 1.78. The highest BCUT2D eigenvalue weighted by Crippen LogP contribution is 2.28. The van der Waals surface area contributed by atoms with Gasteiger partial charge in [0, 0.05) is 19.2 Å². The van der Waals surface area contributed by atoms with Gasteiger partial charge in [0.25, 0.3) is 0 Å². The third kappa shape index (κ3) is 2.90. The minimum Gasteiger partial charge on any atom is -0.476 e. The van der Waals surface area contributed by atoms with E-state index in [-0.39, 0.29) is 11.6 Å². The van der Waals surface area contributed by atoms with Crippen LogP contribution in [0.5, 0.6) is 0 Å². The molecule has 0 radical (unpaired) electrons. The Hall–Kier alpha value is -1.96. The van der Waals surface area contributed by atoms with Gasteiger partial charge in [-0.2, -0.15) is 0 Å². The lowest BCUT2D eigenvalue weighted by molar-refractivity contribution is 0.0685. The van der Waals surface area contributed by atoms with Crippen LogP contribution in [0.25, 0.3) is 0 Å². The largest absolute Gasteiger partial charge is 0.476 e. The van der Waals surface area contributed by atoms with Crippen LogP contribution in [0.1, 0.15) is 36.1 Å². The Morgan fingerprint density at radius 2 is 2.21 bits per heavy atom. The smallest absolute Gasteiger partial charge is 0.355 e. The molecule has 8 heteroatoms. The zero-order chi connectivity index (χ0) is 14.0. The molecule has 0 atom stereocenters. The predicted octanol–water partition coefficient (Wildman–Crippen LogP) is 1.58. The van der Waals surface area contributed by atoms with Crippen LogP contribution < -0.4 is 0 Å². The van der Waals surface area contributed by atoms with E-state index < -0.39 is 5.97 Å². The van der Waals surface area contributed by atoms with Crippen molar-refractivity contribution in [3.8, 4) is 0 Å². The number of carboxylic acid groups (broad SMARTS) is 1. The number of carboxylic acids is 1. The molecule has 0 fully saturated rings. The van der Waals surface area contributed by atoms with Crippen LogP contribution in [-0.4, -0.2) is 35.8 Å². The van der Waals surface area contributed by atoms with Crippen molar-refractivity contribution < 1.29 is 9.90 Å². The molecule has 2 aromatic rings. The van der Waals surface area contributed by atoms with E-state index in [1.54, 1.807) is 17.9 Å². The Kier molecular flexibility index (Phi) is 3.79. The van der Waals surface area contributed by atoms with Crippen LogP contribution in [0.15, 0.2) is 22.6 Å². The molecule has 0 saturated heterocycles. The average molecular weight is 279 g/mol. The maximum atomic E-state index is 11.3. The lowest BCUT2D eigenvalue weighted by atomic mass is 10.2. The first-order valence-electron chi connectivity index (χ1n) is 5.61. The van der Waals surface area contributed by atoms with E-state index in [0.717, 1.165) is 0 Å². The Morgan fingerprint density at radius 3 is 2.74 bits per heavy atom. The highest BCUT2D eigenvalue weighted by Gasteiger charge is 2.18.